The van der Waals surface area contributed by atoms with E-state index in [0.717, 1.165) is 19.4 Å². The summed E-state index contributed by atoms with van der Waals surface area (Å²) in [6.07, 6.45) is 1.58. The van der Waals surface area contributed by atoms with Crippen LogP contribution in [0.25, 0.3) is 0 Å². The molecule has 0 bridgehead atoms. The van der Waals surface area contributed by atoms with Gasteiger partial charge in [-0.25, -0.2) is 0 Å². The smallest absolute Gasteiger partial charge is 0.257 e. The van der Waals surface area contributed by atoms with Gasteiger partial charge in [0.15, 0.2) is 11.5 Å². The predicted molar refractivity (Wildman–Crippen MR) is 118 cm³/mol. The topological polar surface area (TPSA) is 88.7 Å². The maximum Gasteiger partial charge on any atom is 0.257 e. The Kier molecular flexibility index (Phi) is 7.18. The minimum absolute atomic E-state index is 0. The van der Waals surface area contributed by atoms with E-state index >= 15 is 0 Å². The highest BCUT2D eigenvalue weighted by atomic mass is 35.5. The summed E-state index contributed by atoms with van der Waals surface area (Å²) in [5.74, 6) is 0.878. The van der Waals surface area contributed by atoms with Gasteiger partial charge in [0, 0.05) is 23.7 Å². The van der Waals surface area contributed by atoms with Crippen LogP contribution in [-0.4, -0.2) is 37.6 Å². The second kappa shape index (κ2) is 9.82. The zero-order chi connectivity index (χ0) is 20.2. The molecular formula is C22H26ClN3O4. The van der Waals surface area contributed by atoms with Crippen LogP contribution in [0.5, 0.6) is 11.5 Å². The SMILES string of the molecule is C[C@H]1C[C@@H](C(=O)Nc2ccccc2C(=O)Nc2ccc3c(c2)OCCO3)CCN1.Cl. The quantitative estimate of drug-likeness (QED) is 0.690. The van der Waals surface area contributed by atoms with E-state index in [2.05, 4.69) is 22.9 Å². The Hall–Kier alpha value is -2.77. The van der Waals surface area contributed by atoms with Crippen molar-refractivity contribution in [2.75, 3.05) is 30.4 Å². The maximum atomic E-state index is 12.9. The van der Waals surface area contributed by atoms with E-state index < -0.39 is 0 Å². The summed E-state index contributed by atoms with van der Waals surface area (Å²) in [4.78, 5) is 25.6. The summed E-state index contributed by atoms with van der Waals surface area (Å²) in [5, 5.41) is 9.16. The molecule has 2 heterocycles. The molecule has 1 fully saturated rings. The molecule has 8 heteroatoms. The van der Waals surface area contributed by atoms with Gasteiger partial charge in [0.1, 0.15) is 13.2 Å². The summed E-state index contributed by atoms with van der Waals surface area (Å²) >= 11 is 0. The zero-order valence-electron chi connectivity index (χ0n) is 16.8. The van der Waals surface area contributed by atoms with Crippen molar-refractivity contribution in [2.45, 2.75) is 25.8 Å². The average Bonchev–Trinajstić information content (AvgIpc) is 2.74. The molecule has 4 rings (SSSR count). The van der Waals surface area contributed by atoms with Gasteiger partial charge in [-0.2, -0.15) is 0 Å². The number of anilines is 2. The van der Waals surface area contributed by atoms with Crippen LogP contribution in [0.2, 0.25) is 0 Å². The zero-order valence-corrected chi connectivity index (χ0v) is 17.6. The van der Waals surface area contributed by atoms with Crippen LogP contribution in [0.1, 0.15) is 30.1 Å². The highest BCUT2D eigenvalue weighted by Gasteiger charge is 2.25. The third-order valence-electron chi connectivity index (χ3n) is 5.22. The number of halogens is 1. The molecule has 2 aromatic carbocycles. The third kappa shape index (κ3) is 5.04. The van der Waals surface area contributed by atoms with Crippen molar-refractivity contribution < 1.29 is 19.1 Å². The van der Waals surface area contributed by atoms with Crippen molar-refractivity contribution in [3.8, 4) is 11.5 Å². The molecule has 30 heavy (non-hydrogen) atoms. The van der Waals surface area contributed by atoms with Crippen LogP contribution >= 0.6 is 12.4 Å². The fourth-order valence-corrected chi connectivity index (χ4v) is 3.71. The van der Waals surface area contributed by atoms with Crippen molar-refractivity contribution >= 4 is 35.6 Å². The van der Waals surface area contributed by atoms with Gasteiger partial charge in [0.05, 0.1) is 11.3 Å². The molecule has 0 radical (unpaired) electrons. The first-order chi connectivity index (χ1) is 14.1. The summed E-state index contributed by atoms with van der Waals surface area (Å²) in [5.41, 5.74) is 1.53. The van der Waals surface area contributed by atoms with Crippen molar-refractivity contribution in [1.29, 1.82) is 0 Å². The van der Waals surface area contributed by atoms with Crippen LogP contribution in [0, 0.1) is 5.92 Å². The van der Waals surface area contributed by atoms with Crippen LogP contribution in [0.3, 0.4) is 0 Å². The second-order valence-corrected chi connectivity index (χ2v) is 7.42. The fraction of sp³-hybridized carbons (Fsp3) is 0.364. The number of hydrogen-bond acceptors (Lipinski definition) is 5. The molecule has 3 N–H and O–H groups in total. The number of fused-ring (bicyclic) bond motifs is 1. The summed E-state index contributed by atoms with van der Waals surface area (Å²) in [7, 11) is 0. The number of amides is 2. The Morgan fingerprint density at radius 1 is 1.03 bits per heavy atom. The number of carbonyl (C=O) groups excluding carboxylic acids is 2. The molecule has 2 amide bonds. The molecular weight excluding hydrogens is 406 g/mol. The van der Waals surface area contributed by atoms with Gasteiger partial charge in [0.2, 0.25) is 5.91 Å². The molecule has 0 spiro atoms. The minimum Gasteiger partial charge on any atom is -0.486 e. The molecule has 2 aromatic rings. The first-order valence-corrected chi connectivity index (χ1v) is 9.94. The average molecular weight is 432 g/mol. The standard InChI is InChI=1S/C22H25N3O4.ClH/c1-14-12-15(8-9-23-14)21(26)25-18-5-3-2-4-17(18)22(27)24-16-6-7-19-20(13-16)29-11-10-28-19;/h2-7,13-15,23H,8-12H2,1H3,(H,24,27)(H,25,26);1H/t14-,15-;/m0./s1. The van der Waals surface area contributed by atoms with E-state index in [1.54, 1.807) is 36.4 Å². The Morgan fingerprint density at radius 2 is 1.80 bits per heavy atom. The molecule has 0 unspecified atom stereocenters. The lowest BCUT2D eigenvalue weighted by Gasteiger charge is -2.27. The molecule has 2 aliphatic rings. The first kappa shape index (κ1) is 21.9. The highest BCUT2D eigenvalue weighted by molar-refractivity contribution is 6.10. The predicted octanol–water partition coefficient (Wildman–Crippen LogP) is 3.46. The fourth-order valence-electron chi connectivity index (χ4n) is 3.71. The summed E-state index contributed by atoms with van der Waals surface area (Å²) < 4.78 is 11.1. The Bertz CT molecular complexity index is 921. The number of ether oxygens (including phenoxy) is 2. The van der Waals surface area contributed by atoms with E-state index in [1.807, 2.05) is 6.07 Å². The number of para-hydroxylation sites is 1. The summed E-state index contributed by atoms with van der Waals surface area (Å²) in [6, 6.07) is 12.6. The van der Waals surface area contributed by atoms with Crippen LogP contribution in [0.4, 0.5) is 11.4 Å². The highest BCUT2D eigenvalue weighted by Crippen LogP contribution is 2.33. The van der Waals surface area contributed by atoms with E-state index in [9.17, 15) is 9.59 Å². The monoisotopic (exact) mass is 431 g/mol. The number of hydrogen-bond donors (Lipinski definition) is 3. The molecule has 2 aliphatic heterocycles. The molecule has 1 saturated heterocycles. The molecule has 0 aliphatic carbocycles. The molecule has 160 valence electrons. The minimum atomic E-state index is -0.295. The van der Waals surface area contributed by atoms with Crippen LogP contribution in [0.15, 0.2) is 42.5 Å². The largest absolute Gasteiger partial charge is 0.486 e. The molecule has 0 saturated carbocycles. The van der Waals surface area contributed by atoms with Crippen molar-refractivity contribution in [3.05, 3.63) is 48.0 Å². The van der Waals surface area contributed by atoms with Crippen LogP contribution < -0.4 is 25.4 Å². The lowest BCUT2D eigenvalue weighted by atomic mass is 9.92. The van der Waals surface area contributed by atoms with Crippen molar-refractivity contribution in [2.24, 2.45) is 5.92 Å². The van der Waals surface area contributed by atoms with Crippen molar-refractivity contribution in [1.82, 2.24) is 5.32 Å². The van der Waals surface area contributed by atoms with Gasteiger partial charge in [0.25, 0.3) is 5.91 Å². The Morgan fingerprint density at radius 3 is 2.60 bits per heavy atom. The summed E-state index contributed by atoms with van der Waals surface area (Å²) in [6.45, 7) is 3.90. The second-order valence-electron chi connectivity index (χ2n) is 7.42. The number of benzene rings is 2. The number of nitrogens with one attached hydrogen (secondary N) is 3. The molecule has 7 nitrogen and oxygen atoms in total. The van der Waals surface area contributed by atoms with E-state index in [0.29, 0.717) is 47.7 Å². The van der Waals surface area contributed by atoms with E-state index in [1.165, 1.54) is 0 Å². The van der Waals surface area contributed by atoms with Crippen LogP contribution in [-0.2, 0) is 4.79 Å². The van der Waals surface area contributed by atoms with Gasteiger partial charge in [-0.15, -0.1) is 12.4 Å². The number of piperidine rings is 1. The number of rotatable bonds is 4. The van der Waals surface area contributed by atoms with E-state index in [-0.39, 0.29) is 30.1 Å². The Labute approximate surface area is 181 Å². The van der Waals surface area contributed by atoms with Gasteiger partial charge < -0.3 is 25.4 Å². The van der Waals surface area contributed by atoms with Crippen molar-refractivity contribution in [3.63, 3.8) is 0 Å². The van der Waals surface area contributed by atoms with Gasteiger partial charge in [-0.05, 0) is 50.6 Å². The normalized spacial score (nSPS) is 19.9. The molecule has 0 aromatic heterocycles. The maximum absolute atomic E-state index is 12.9. The lowest BCUT2D eigenvalue weighted by molar-refractivity contribution is -0.120. The third-order valence-corrected chi connectivity index (χ3v) is 5.22. The van der Waals surface area contributed by atoms with E-state index in [4.69, 9.17) is 9.47 Å². The lowest BCUT2D eigenvalue weighted by Crippen LogP contribution is -2.40. The van der Waals surface area contributed by atoms with Gasteiger partial charge in [-0.3, -0.25) is 9.59 Å². The number of carbonyl (C=O) groups is 2. The van der Waals surface area contributed by atoms with Gasteiger partial charge in [-0.1, -0.05) is 12.1 Å². The van der Waals surface area contributed by atoms with Gasteiger partial charge >= 0.3 is 0 Å². The molecule has 2 atom stereocenters. The first-order valence-electron chi connectivity index (χ1n) is 9.94. The Balaban J connectivity index is 0.00000256.